The van der Waals surface area contributed by atoms with Crippen molar-refractivity contribution in [3.63, 3.8) is 0 Å². The lowest BCUT2D eigenvalue weighted by atomic mass is 10.0. The van der Waals surface area contributed by atoms with Crippen molar-refractivity contribution in [1.82, 2.24) is 10.7 Å². The second-order valence-corrected chi connectivity index (χ2v) is 6.85. The zero-order chi connectivity index (χ0) is 22.8. The highest BCUT2D eigenvalue weighted by molar-refractivity contribution is 5.98. The molecule has 0 aliphatic carbocycles. The molecule has 9 heteroatoms. The molecule has 2 amide bonds. The molecule has 0 bridgehead atoms. The molecule has 8 nitrogen and oxygen atoms in total. The third-order valence-electron chi connectivity index (χ3n) is 4.19. The number of carbonyl (C=O) groups is 3. The van der Waals surface area contributed by atoms with Gasteiger partial charge in [-0.05, 0) is 35.7 Å². The van der Waals surface area contributed by atoms with Gasteiger partial charge < -0.3 is 14.8 Å². The number of methoxy groups -OCH3 is 1. The number of hydrogen-bond donors (Lipinski definition) is 2. The molecule has 0 aliphatic rings. The lowest BCUT2D eigenvalue weighted by Gasteiger charge is -2.20. The molecule has 31 heavy (non-hydrogen) atoms. The number of rotatable bonds is 9. The van der Waals surface area contributed by atoms with Gasteiger partial charge in [0.25, 0.3) is 11.8 Å². The number of hydrazone groups is 1. The predicted molar refractivity (Wildman–Crippen MR) is 112 cm³/mol. The lowest BCUT2D eigenvalue weighted by Crippen LogP contribution is -2.48. The maximum absolute atomic E-state index is 13.8. The molecule has 1 atom stereocenters. The molecule has 0 heterocycles. The molecule has 2 N–H and O–H groups in total. The number of nitrogens with one attached hydrogen (secondary N) is 2. The normalized spacial score (nSPS) is 11.8. The van der Waals surface area contributed by atoms with Crippen LogP contribution in [0.25, 0.3) is 0 Å². The topological polar surface area (TPSA) is 106 Å². The predicted octanol–water partition coefficient (Wildman–Crippen LogP) is 2.28. The fourth-order valence-corrected chi connectivity index (χ4v) is 2.53. The fourth-order valence-electron chi connectivity index (χ4n) is 2.53. The summed E-state index contributed by atoms with van der Waals surface area (Å²) in [6, 6.07) is 11.3. The summed E-state index contributed by atoms with van der Waals surface area (Å²) in [5.74, 6) is -2.25. The summed E-state index contributed by atoms with van der Waals surface area (Å²) in [5.41, 5.74) is 2.84. The van der Waals surface area contributed by atoms with Gasteiger partial charge >= 0.3 is 5.97 Å². The first-order chi connectivity index (χ1) is 14.8. The first-order valence-electron chi connectivity index (χ1n) is 9.49. The Balaban J connectivity index is 1.98. The molecule has 0 saturated carbocycles. The zero-order valence-corrected chi connectivity index (χ0v) is 17.4. The molecule has 0 radical (unpaired) electrons. The number of ether oxygens (including phenoxy) is 2. The SMILES string of the molecule is COC(=O)COc1cccc(/C=N/NC(=O)C(NC(=O)c2ccccc2F)C(C)C)c1. The minimum atomic E-state index is -0.918. The molecular weight excluding hydrogens is 405 g/mol. The summed E-state index contributed by atoms with van der Waals surface area (Å²) in [4.78, 5) is 36.0. The number of hydrogen-bond acceptors (Lipinski definition) is 6. The van der Waals surface area contributed by atoms with Gasteiger partial charge in [0.05, 0.1) is 18.9 Å². The summed E-state index contributed by atoms with van der Waals surface area (Å²) in [6.45, 7) is 3.26. The molecule has 0 aromatic heterocycles. The van der Waals surface area contributed by atoms with E-state index in [0.29, 0.717) is 11.3 Å². The number of nitrogens with zero attached hydrogens (tertiary/aromatic N) is 1. The summed E-state index contributed by atoms with van der Waals surface area (Å²) < 4.78 is 23.6. The molecule has 0 saturated heterocycles. The van der Waals surface area contributed by atoms with Crippen LogP contribution in [-0.2, 0) is 14.3 Å². The van der Waals surface area contributed by atoms with Crippen LogP contribution in [-0.4, -0.2) is 43.8 Å². The highest BCUT2D eigenvalue weighted by atomic mass is 19.1. The van der Waals surface area contributed by atoms with E-state index >= 15 is 0 Å². The smallest absolute Gasteiger partial charge is 0.343 e. The van der Waals surface area contributed by atoms with Crippen LogP contribution < -0.4 is 15.5 Å². The van der Waals surface area contributed by atoms with E-state index in [2.05, 4.69) is 20.6 Å². The van der Waals surface area contributed by atoms with E-state index in [-0.39, 0.29) is 18.1 Å². The van der Waals surface area contributed by atoms with Crippen molar-refractivity contribution < 1.29 is 28.2 Å². The molecule has 2 rings (SSSR count). The number of amides is 2. The van der Waals surface area contributed by atoms with E-state index in [1.54, 1.807) is 38.1 Å². The molecule has 0 spiro atoms. The van der Waals surface area contributed by atoms with Crippen LogP contribution in [0.5, 0.6) is 5.75 Å². The van der Waals surface area contributed by atoms with Crippen molar-refractivity contribution >= 4 is 24.0 Å². The number of halogens is 1. The Kier molecular flexibility index (Phi) is 8.68. The van der Waals surface area contributed by atoms with Crippen molar-refractivity contribution in [2.24, 2.45) is 11.0 Å². The minimum Gasteiger partial charge on any atom is -0.482 e. The maximum Gasteiger partial charge on any atom is 0.343 e. The van der Waals surface area contributed by atoms with E-state index in [0.717, 1.165) is 0 Å². The maximum atomic E-state index is 13.8. The summed E-state index contributed by atoms with van der Waals surface area (Å²) in [6.07, 6.45) is 1.39. The van der Waals surface area contributed by atoms with Gasteiger partial charge in [0.15, 0.2) is 6.61 Å². The number of carbonyl (C=O) groups excluding carboxylic acids is 3. The number of benzene rings is 2. The van der Waals surface area contributed by atoms with Gasteiger partial charge in [-0.2, -0.15) is 5.10 Å². The van der Waals surface area contributed by atoms with Gasteiger partial charge in [-0.3, -0.25) is 9.59 Å². The Morgan fingerprint density at radius 2 is 1.87 bits per heavy atom. The molecule has 164 valence electrons. The first-order valence-corrected chi connectivity index (χ1v) is 9.49. The standard InChI is InChI=1S/C22H24FN3O5/c1-14(2)20(25-21(28)17-9-4-5-10-18(17)23)22(29)26-24-12-15-7-6-8-16(11-15)31-13-19(27)30-3/h4-12,14,20H,13H2,1-3H3,(H,25,28)(H,26,29)/b24-12+. The zero-order valence-electron chi connectivity index (χ0n) is 17.4. The van der Waals surface area contributed by atoms with E-state index < -0.39 is 29.6 Å². The van der Waals surface area contributed by atoms with Gasteiger partial charge in [-0.25, -0.2) is 14.6 Å². The Morgan fingerprint density at radius 1 is 1.13 bits per heavy atom. The monoisotopic (exact) mass is 429 g/mol. The van der Waals surface area contributed by atoms with Crippen molar-refractivity contribution in [1.29, 1.82) is 0 Å². The molecular formula is C22H24FN3O5. The van der Waals surface area contributed by atoms with Gasteiger partial charge in [-0.1, -0.05) is 38.1 Å². The summed E-state index contributed by atoms with van der Waals surface area (Å²) >= 11 is 0. The second kappa shape index (κ2) is 11.4. The fraction of sp³-hybridized carbons (Fsp3) is 0.273. The van der Waals surface area contributed by atoms with Gasteiger partial charge in [-0.15, -0.1) is 0 Å². The third kappa shape index (κ3) is 7.22. The molecule has 1 unspecified atom stereocenters. The molecule has 2 aromatic carbocycles. The number of esters is 1. The van der Waals surface area contributed by atoms with Crippen molar-refractivity contribution in [3.05, 3.63) is 65.5 Å². The van der Waals surface area contributed by atoms with Crippen LogP contribution in [0.3, 0.4) is 0 Å². The molecule has 0 aliphatic heterocycles. The quantitative estimate of drug-likeness (QED) is 0.361. The summed E-state index contributed by atoms with van der Waals surface area (Å²) in [5, 5.41) is 6.43. The van der Waals surface area contributed by atoms with E-state index in [1.807, 2.05) is 0 Å². The second-order valence-electron chi connectivity index (χ2n) is 6.85. The average molecular weight is 429 g/mol. The minimum absolute atomic E-state index is 0.145. The highest BCUT2D eigenvalue weighted by Gasteiger charge is 2.25. The van der Waals surface area contributed by atoms with Crippen LogP contribution in [0.2, 0.25) is 0 Å². The van der Waals surface area contributed by atoms with Crippen molar-refractivity contribution in [2.45, 2.75) is 19.9 Å². The van der Waals surface area contributed by atoms with Crippen molar-refractivity contribution in [2.75, 3.05) is 13.7 Å². The van der Waals surface area contributed by atoms with E-state index in [4.69, 9.17) is 4.74 Å². The van der Waals surface area contributed by atoms with Crippen LogP contribution >= 0.6 is 0 Å². The Hall–Kier alpha value is -3.75. The van der Waals surface area contributed by atoms with E-state index in [9.17, 15) is 18.8 Å². The van der Waals surface area contributed by atoms with Gasteiger partial charge in [0.1, 0.15) is 17.6 Å². The van der Waals surface area contributed by atoms with Crippen molar-refractivity contribution in [3.8, 4) is 5.75 Å². The van der Waals surface area contributed by atoms with E-state index in [1.165, 1.54) is 37.6 Å². The lowest BCUT2D eigenvalue weighted by molar-refractivity contribution is -0.142. The van der Waals surface area contributed by atoms with Crippen LogP contribution in [0.1, 0.15) is 29.8 Å². The summed E-state index contributed by atoms with van der Waals surface area (Å²) in [7, 11) is 1.26. The largest absolute Gasteiger partial charge is 0.482 e. The Morgan fingerprint density at radius 3 is 2.55 bits per heavy atom. The van der Waals surface area contributed by atoms with Gasteiger partial charge in [0, 0.05) is 0 Å². The van der Waals surface area contributed by atoms with Crippen LogP contribution in [0.4, 0.5) is 4.39 Å². The van der Waals surface area contributed by atoms with Crippen LogP contribution in [0.15, 0.2) is 53.6 Å². The third-order valence-corrected chi connectivity index (χ3v) is 4.19. The highest BCUT2D eigenvalue weighted by Crippen LogP contribution is 2.12. The molecule has 0 fully saturated rings. The Labute approximate surface area is 179 Å². The average Bonchev–Trinajstić information content (AvgIpc) is 2.75. The molecule has 2 aromatic rings. The van der Waals surface area contributed by atoms with Crippen LogP contribution in [0, 0.1) is 11.7 Å². The van der Waals surface area contributed by atoms with Gasteiger partial charge in [0.2, 0.25) is 0 Å². The first kappa shape index (κ1) is 23.5. The Bertz CT molecular complexity index is 962.